The zero-order chi connectivity index (χ0) is 21.8. The first-order valence-corrected chi connectivity index (χ1v) is 10.6. The number of hydrogen-bond acceptors (Lipinski definition) is 4. The molecular formula is C18H19Cl2F3N2O3S. The van der Waals surface area contributed by atoms with Crippen molar-refractivity contribution in [3.8, 4) is 5.75 Å². The SMILES string of the molecule is CN(C)C[C@@H](Cc1ccc(Cl)c(Cl)c1)NS(=O)(=O)c1ccc(OC(F)(F)F)cc1. The molecule has 0 bridgehead atoms. The van der Waals surface area contributed by atoms with Crippen molar-refractivity contribution in [2.75, 3.05) is 20.6 Å². The van der Waals surface area contributed by atoms with Gasteiger partial charge in [0.1, 0.15) is 5.75 Å². The number of alkyl halides is 3. The average Bonchev–Trinajstić information content (AvgIpc) is 2.56. The molecule has 0 saturated carbocycles. The maximum atomic E-state index is 12.7. The largest absolute Gasteiger partial charge is 0.573 e. The van der Waals surface area contributed by atoms with Crippen molar-refractivity contribution >= 4 is 33.2 Å². The molecule has 1 atom stereocenters. The number of nitrogens with zero attached hydrogens (tertiary/aromatic N) is 1. The summed E-state index contributed by atoms with van der Waals surface area (Å²) >= 11 is 11.9. The molecule has 160 valence electrons. The van der Waals surface area contributed by atoms with Gasteiger partial charge in [-0.1, -0.05) is 29.3 Å². The topological polar surface area (TPSA) is 58.6 Å². The fraction of sp³-hybridized carbons (Fsp3) is 0.333. The zero-order valence-electron chi connectivity index (χ0n) is 15.5. The Kier molecular flexibility index (Phi) is 7.80. The summed E-state index contributed by atoms with van der Waals surface area (Å²) in [6.45, 7) is 0.384. The highest BCUT2D eigenvalue weighted by Crippen LogP contribution is 2.25. The minimum Gasteiger partial charge on any atom is -0.406 e. The maximum Gasteiger partial charge on any atom is 0.573 e. The van der Waals surface area contributed by atoms with Crippen molar-refractivity contribution in [2.24, 2.45) is 0 Å². The van der Waals surface area contributed by atoms with Crippen LogP contribution in [0.4, 0.5) is 13.2 Å². The van der Waals surface area contributed by atoms with Crippen LogP contribution in [0.2, 0.25) is 10.0 Å². The second-order valence-corrected chi connectivity index (χ2v) is 9.08. The van der Waals surface area contributed by atoms with Gasteiger partial charge in [-0.15, -0.1) is 13.2 Å². The molecule has 0 amide bonds. The van der Waals surface area contributed by atoms with Crippen LogP contribution in [0.5, 0.6) is 5.75 Å². The van der Waals surface area contributed by atoms with E-state index in [0.717, 1.165) is 29.8 Å². The summed E-state index contributed by atoms with van der Waals surface area (Å²) in [7, 11) is -0.394. The molecule has 0 radical (unpaired) electrons. The molecular weight excluding hydrogens is 452 g/mol. The summed E-state index contributed by atoms with van der Waals surface area (Å²) in [5, 5.41) is 0.747. The molecule has 5 nitrogen and oxygen atoms in total. The van der Waals surface area contributed by atoms with E-state index in [1.54, 1.807) is 32.3 Å². The van der Waals surface area contributed by atoms with Gasteiger partial charge in [0.05, 0.1) is 14.9 Å². The lowest BCUT2D eigenvalue weighted by molar-refractivity contribution is -0.274. The zero-order valence-corrected chi connectivity index (χ0v) is 17.8. The third kappa shape index (κ3) is 7.67. The Balaban J connectivity index is 2.18. The molecule has 29 heavy (non-hydrogen) atoms. The molecule has 0 aliphatic rings. The highest BCUT2D eigenvalue weighted by molar-refractivity contribution is 7.89. The van der Waals surface area contributed by atoms with Crippen LogP contribution in [0, 0.1) is 0 Å². The van der Waals surface area contributed by atoms with E-state index in [2.05, 4.69) is 9.46 Å². The van der Waals surface area contributed by atoms with Gasteiger partial charge in [-0.25, -0.2) is 13.1 Å². The van der Waals surface area contributed by atoms with E-state index in [-0.39, 0.29) is 4.90 Å². The lowest BCUT2D eigenvalue weighted by atomic mass is 10.1. The van der Waals surface area contributed by atoms with Gasteiger partial charge >= 0.3 is 6.36 Å². The van der Waals surface area contributed by atoms with E-state index >= 15 is 0 Å². The summed E-state index contributed by atoms with van der Waals surface area (Å²) in [5.41, 5.74) is 0.780. The third-order valence-corrected chi connectivity index (χ3v) is 6.02. The molecule has 1 N–H and O–H groups in total. The van der Waals surface area contributed by atoms with E-state index in [1.165, 1.54) is 0 Å². The standard InChI is InChI=1S/C18H19Cl2F3N2O3S/c1-25(2)11-13(9-12-3-8-16(19)17(20)10-12)24-29(26,27)15-6-4-14(5-7-15)28-18(21,22)23/h3-8,10,13,24H,9,11H2,1-2H3/t13-/m1/s1. The Morgan fingerprint density at radius 2 is 1.69 bits per heavy atom. The van der Waals surface area contributed by atoms with Crippen LogP contribution in [0.1, 0.15) is 5.56 Å². The maximum absolute atomic E-state index is 12.7. The fourth-order valence-electron chi connectivity index (χ4n) is 2.64. The Labute approximate surface area is 177 Å². The van der Waals surface area contributed by atoms with Crippen LogP contribution >= 0.6 is 23.2 Å². The molecule has 11 heteroatoms. The summed E-state index contributed by atoms with van der Waals surface area (Å²) in [5.74, 6) is -0.503. The second kappa shape index (κ2) is 9.53. The second-order valence-electron chi connectivity index (χ2n) is 6.55. The first-order valence-electron chi connectivity index (χ1n) is 8.32. The molecule has 0 aliphatic carbocycles. The van der Waals surface area contributed by atoms with Crippen molar-refractivity contribution in [3.63, 3.8) is 0 Å². The molecule has 0 aromatic heterocycles. The molecule has 2 aromatic carbocycles. The molecule has 0 heterocycles. The van der Waals surface area contributed by atoms with E-state index < -0.39 is 28.2 Å². The number of halogens is 5. The molecule has 2 aromatic rings. The van der Waals surface area contributed by atoms with E-state index in [9.17, 15) is 21.6 Å². The number of sulfonamides is 1. The molecule has 2 rings (SSSR count). The highest BCUT2D eigenvalue weighted by atomic mass is 35.5. The van der Waals surface area contributed by atoms with E-state index in [4.69, 9.17) is 23.2 Å². The van der Waals surface area contributed by atoms with Crippen molar-refractivity contribution in [2.45, 2.75) is 23.7 Å². The predicted molar refractivity (Wildman–Crippen MR) is 106 cm³/mol. The lowest BCUT2D eigenvalue weighted by Crippen LogP contribution is -2.43. The molecule has 0 unspecified atom stereocenters. The van der Waals surface area contributed by atoms with Crippen LogP contribution in [0.3, 0.4) is 0 Å². The smallest absolute Gasteiger partial charge is 0.406 e. The Morgan fingerprint density at radius 1 is 1.07 bits per heavy atom. The van der Waals surface area contributed by atoms with Gasteiger partial charge in [0.2, 0.25) is 10.0 Å². The van der Waals surface area contributed by atoms with Gasteiger partial charge < -0.3 is 9.64 Å². The van der Waals surface area contributed by atoms with Crippen molar-refractivity contribution < 1.29 is 26.3 Å². The van der Waals surface area contributed by atoms with Crippen molar-refractivity contribution in [3.05, 3.63) is 58.1 Å². The number of nitrogens with one attached hydrogen (secondary N) is 1. The van der Waals surface area contributed by atoms with Gasteiger partial charge in [-0.05, 0) is 62.5 Å². The van der Waals surface area contributed by atoms with Crippen LogP contribution in [-0.4, -0.2) is 46.4 Å². The number of likely N-dealkylation sites (N-methyl/N-ethyl adjacent to an activating group) is 1. The highest BCUT2D eigenvalue weighted by Gasteiger charge is 2.31. The summed E-state index contributed by atoms with van der Waals surface area (Å²) in [6.07, 6.45) is -4.52. The fourth-order valence-corrected chi connectivity index (χ4v) is 4.19. The predicted octanol–water partition coefficient (Wildman–Crippen LogP) is 4.34. The van der Waals surface area contributed by atoms with Crippen molar-refractivity contribution in [1.29, 1.82) is 0 Å². The van der Waals surface area contributed by atoms with Gasteiger partial charge in [-0.2, -0.15) is 0 Å². The van der Waals surface area contributed by atoms with Crippen LogP contribution < -0.4 is 9.46 Å². The first kappa shape index (κ1) is 23.8. The minimum absolute atomic E-state index is 0.176. The monoisotopic (exact) mass is 470 g/mol. The van der Waals surface area contributed by atoms with Crippen LogP contribution in [0.15, 0.2) is 47.4 Å². The molecule has 0 spiro atoms. The van der Waals surface area contributed by atoms with Gasteiger partial charge in [-0.3, -0.25) is 0 Å². The summed E-state index contributed by atoms with van der Waals surface area (Å²) in [4.78, 5) is 1.63. The molecule has 0 aliphatic heterocycles. The Morgan fingerprint density at radius 3 is 2.21 bits per heavy atom. The van der Waals surface area contributed by atoms with Crippen molar-refractivity contribution in [1.82, 2.24) is 9.62 Å². The van der Waals surface area contributed by atoms with E-state index in [1.807, 2.05) is 4.90 Å². The molecule has 0 fully saturated rings. The average molecular weight is 471 g/mol. The number of rotatable bonds is 8. The lowest BCUT2D eigenvalue weighted by Gasteiger charge is -2.22. The van der Waals surface area contributed by atoms with Gasteiger partial charge in [0, 0.05) is 12.6 Å². The number of hydrogen-bond donors (Lipinski definition) is 1. The van der Waals surface area contributed by atoms with E-state index in [0.29, 0.717) is 23.0 Å². The van der Waals surface area contributed by atoms with Gasteiger partial charge in [0.15, 0.2) is 0 Å². The Hall–Kier alpha value is -1.52. The number of benzene rings is 2. The first-order chi connectivity index (χ1) is 13.4. The summed E-state index contributed by atoms with van der Waals surface area (Å²) in [6, 6.07) is 8.51. The molecule has 0 saturated heterocycles. The van der Waals surface area contributed by atoms with Gasteiger partial charge in [0.25, 0.3) is 0 Å². The van der Waals surface area contributed by atoms with Crippen LogP contribution in [-0.2, 0) is 16.4 Å². The van der Waals surface area contributed by atoms with Crippen LogP contribution in [0.25, 0.3) is 0 Å². The Bertz CT molecular complexity index is 936. The minimum atomic E-state index is -4.85. The summed E-state index contributed by atoms with van der Waals surface area (Å²) < 4.78 is 68.5. The normalized spacial score (nSPS) is 13.5. The third-order valence-electron chi connectivity index (χ3n) is 3.74. The quantitative estimate of drug-likeness (QED) is 0.623. The number of ether oxygens (including phenoxy) is 1.